The van der Waals surface area contributed by atoms with Crippen LogP contribution in [0.15, 0.2) is 28.8 Å². The summed E-state index contributed by atoms with van der Waals surface area (Å²) in [5, 5.41) is 6.94. The number of aryl methyl sites for hydroxylation is 1. The van der Waals surface area contributed by atoms with Crippen molar-refractivity contribution in [3.63, 3.8) is 0 Å². The first-order valence-electron chi connectivity index (χ1n) is 11.0. The Hall–Kier alpha value is -1.94. The first kappa shape index (κ1) is 22.3. The summed E-state index contributed by atoms with van der Waals surface area (Å²) in [6.45, 7) is 3.65. The van der Waals surface area contributed by atoms with Gasteiger partial charge in [0.15, 0.2) is 5.69 Å². The summed E-state index contributed by atoms with van der Waals surface area (Å²) in [5.41, 5.74) is 8.68. The van der Waals surface area contributed by atoms with Crippen LogP contribution in [0, 0.1) is 16.4 Å². The lowest BCUT2D eigenvalue weighted by atomic mass is 9.95. The molecule has 166 valence electrons. The predicted octanol–water partition coefficient (Wildman–Crippen LogP) is 3.00. The molecule has 2 heterocycles. The molecule has 1 atom stereocenters. The van der Waals surface area contributed by atoms with Gasteiger partial charge in [-0.05, 0) is 78.8 Å². The van der Waals surface area contributed by atoms with Crippen LogP contribution in [0.3, 0.4) is 0 Å². The highest BCUT2D eigenvalue weighted by Gasteiger charge is 2.31. The molecule has 0 bridgehead atoms. The lowest BCUT2D eigenvalue weighted by Crippen LogP contribution is -2.49. The second kappa shape index (κ2) is 9.68. The summed E-state index contributed by atoms with van der Waals surface area (Å²) in [7, 11) is 0. The van der Waals surface area contributed by atoms with Crippen LogP contribution in [0.25, 0.3) is 0 Å². The van der Waals surface area contributed by atoms with E-state index in [2.05, 4.69) is 58.2 Å². The lowest BCUT2D eigenvalue weighted by Gasteiger charge is -2.34. The summed E-state index contributed by atoms with van der Waals surface area (Å²) in [4.78, 5) is 27.4. The number of halogens is 1. The van der Waals surface area contributed by atoms with Crippen LogP contribution in [-0.2, 0) is 11.2 Å². The van der Waals surface area contributed by atoms with Gasteiger partial charge in [-0.2, -0.15) is 0 Å². The Kier molecular flexibility index (Phi) is 6.95. The van der Waals surface area contributed by atoms with Crippen LogP contribution in [0.1, 0.15) is 59.0 Å². The number of likely N-dealkylation sites (tertiary alicyclic amines) is 1. The zero-order valence-corrected chi connectivity index (χ0v) is 19.9. The molecule has 0 radical (unpaired) electrons. The van der Waals surface area contributed by atoms with Gasteiger partial charge in [0.05, 0.1) is 5.92 Å². The van der Waals surface area contributed by atoms with Crippen molar-refractivity contribution in [2.75, 3.05) is 19.6 Å². The molecule has 0 unspecified atom stereocenters. The number of nitrogens with zero attached hydrogens (tertiary/aromatic N) is 2. The predicted molar refractivity (Wildman–Crippen MR) is 126 cm³/mol. The van der Waals surface area contributed by atoms with E-state index in [0.29, 0.717) is 37.7 Å². The number of carbonyl (C=O) groups excluding carboxylic acids is 2. The molecule has 4 rings (SSSR count). The topological polar surface area (TPSA) is 101 Å². The highest BCUT2D eigenvalue weighted by Crippen LogP contribution is 2.40. The summed E-state index contributed by atoms with van der Waals surface area (Å²) in [5.74, 6) is 0.923. The number of carbonyl (C=O) groups is 2. The van der Waals surface area contributed by atoms with Crippen molar-refractivity contribution in [2.24, 2.45) is 11.7 Å². The quantitative estimate of drug-likeness (QED) is 0.530. The van der Waals surface area contributed by atoms with E-state index in [-0.39, 0.29) is 23.8 Å². The van der Waals surface area contributed by atoms with Gasteiger partial charge >= 0.3 is 0 Å². The van der Waals surface area contributed by atoms with E-state index in [0.717, 1.165) is 37.0 Å². The number of amides is 2. The molecular weight excluding hydrogens is 507 g/mol. The van der Waals surface area contributed by atoms with E-state index in [1.807, 2.05) is 4.90 Å². The molecule has 1 aromatic carbocycles. The fourth-order valence-electron chi connectivity index (χ4n) is 4.04. The molecule has 3 N–H and O–H groups in total. The Morgan fingerprint density at radius 1 is 1.26 bits per heavy atom. The molecule has 2 fully saturated rings. The Balaban J connectivity index is 1.27. The molecule has 2 aromatic rings. The number of nitrogens with two attached hydrogens (primary N) is 1. The molecule has 1 aromatic heterocycles. The van der Waals surface area contributed by atoms with Crippen LogP contribution in [0.4, 0.5) is 0 Å². The third-order valence-electron chi connectivity index (χ3n) is 6.23. The van der Waals surface area contributed by atoms with Crippen molar-refractivity contribution < 1.29 is 14.1 Å². The van der Waals surface area contributed by atoms with Crippen LogP contribution >= 0.6 is 22.6 Å². The molecule has 0 spiro atoms. The van der Waals surface area contributed by atoms with Crippen LogP contribution in [0.5, 0.6) is 0 Å². The SMILES string of the molecule is Cc1ccc(C[C@@H](CN)C(=O)N2CCC(NC(=O)c3cc(C4CC4)on3)CC2)cc1I. The van der Waals surface area contributed by atoms with E-state index in [4.69, 9.17) is 10.3 Å². The molecule has 8 heteroatoms. The number of nitrogens with one attached hydrogen (secondary N) is 1. The summed E-state index contributed by atoms with van der Waals surface area (Å²) >= 11 is 2.32. The number of piperidine rings is 1. The van der Waals surface area contributed by atoms with Gasteiger partial charge in [0.1, 0.15) is 5.76 Å². The van der Waals surface area contributed by atoms with Crippen LogP contribution < -0.4 is 11.1 Å². The van der Waals surface area contributed by atoms with Crippen molar-refractivity contribution in [3.8, 4) is 0 Å². The number of hydrogen-bond acceptors (Lipinski definition) is 5. The van der Waals surface area contributed by atoms with Crippen molar-refractivity contribution in [1.82, 2.24) is 15.4 Å². The minimum atomic E-state index is -0.222. The van der Waals surface area contributed by atoms with Crippen LogP contribution in [0.2, 0.25) is 0 Å². The zero-order chi connectivity index (χ0) is 22.0. The Labute approximate surface area is 196 Å². The van der Waals surface area contributed by atoms with Crippen LogP contribution in [-0.4, -0.2) is 47.5 Å². The maximum Gasteiger partial charge on any atom is 0.273 e. The fourth-order valence-corrected chi connectivity index (χ4v) is 4.62. The Morgan fingerprint density at radius 2 is 2.00 bits per heavy atom. The van der Waals surface area contributed by atoms with Crippen molar-refractivity contribution in [1.29, 1.82) is 0 Å². The molecular formula is C23H29IN4O3. The summed E-state index contributed by atoms with van der Waals surface area (Å²) in [6.07, 6.45) is 4.32. The first-order valence-corrected chi connectivity index (χ1v) is 12.0. The first-order chi connectivity index (χ1) is 14.9. The number of hydrogen-bond donors (Lipinski definition) is 2. The lowest BCUT2D eigenvalue weighted by molar-refractivity contribution is -0.136. The van der Waals surface area contributed by atoms with Crippen molar-refractivity contribution >= 4 is 34.4 Å². The Morgan fingerprint density at radius 3 is 2.65 bits per heavy atom. The maximum absolute atomic E-state index is 13.0. The average molecular weight is 536 g/mol. The van der Waals surface area contributed by atoms with Crippen molar-refractivity contribution in [3.05, 3.63) is 50.4 Å². The van der Waals surface area contributed by atoms with E-state index in [1.54, 1.807) is 6.07 Å². The number of aromatic nitrogens is 1. The van der Waals surface area contributed by atoms with E-state index >= 15 is 0 Å². The number of benzene rings is 1. The molecule has 1 saturated heterocycles. The van der Waals surface area contributed by atoms with Gasteiger partial charge in [-0.25, -0.2) is 0 Å². The molecule has 1 saturated carbocycles. The third-order valence-corrected chi connectivity index (χ3v) is 7.40. The standard InChI is InChI=1S/C23H29IN4O3/c1-14-2-3-15(11-19(14)24)10-17(13-25)23(30)28-8-6-18(7-9-28)26-22(29)20-12-21(31-27-20)16-4-5-16/h2-3,11-12,16-18H,4-10,13,25H2,1H3,(H,26,29)/t17-/m0/s1. The van der Waals surface area contributed by atoms with Gasteiger partial charge in [0.25, 0.3) is 5.91 Å². The zero-order valence-electron chi connectivity index (χ0n) is 17.8. The maximum atomic E-state index is 13.0. The summed E-state index contributed by atoms with van der Waals surface area (Å²) in [6, 6.07) is 8.09. The van der Waals surface area contributed by atoms with E-state index in [1.165, 1.54) is 9.13 Å². The smallest absolute Gasteiger partial charge is 0.273 e. The largest absolute Gasteiger partial charge is 0.360 e. The molecule has 31 heavy (non-hydrogen) atoms. The molecule has 1 aliphatic carbocycles. The minimum absolute atomic E-state index is 0.0348. The third kappa shape index (κ3) is 5.46. The highest BCUT2D eigenvalue weighted by atomic mass is 127. The number of rotatable bonds is 7. The van der Waals surface area contributed by atoms with Gasteiger partial charge in [0, 0.05) is 41.2 Å². The van der Waals surface area contributed by atoms with Gasteiger partial charge < -0.3 is 20.5 Å². The van der Waals surface area contributed by atoms with Gasteiger partial charge in [-0.3, -0.25) is 9.59 Å². The molecule has 2 aliphatic rings. The second-order valence-corrected chi connectivity index (χ2v) is 9.84. The second-order valence-electron chi connectivity index (χ2n) is 8.68. The van der Waals surface area contributed by atoms with Gasteiger partial charge in [-0.15, -0.1) is 0 Å². The van der Waals surface area contributed by atoms with Gasteiger partial charge in [0.2, 0.25) is 5.91 Å². The molecule has 1 aliphatic heterocycles. The fraction of sp³-hybridized carbons (Fsp3) is 0.522. The van der Waals surface area contributed by atoms with E-state index < -0.39 is 0 Å². The molecule has 7 nitrogen and oxygen atoms in total. The van der Waals surface area contributed by atoms with E-state index in [9.17, 15) is 9.59 Å². The average Bonchev–Trinajstić information content (AvgIpc) is 3.50. The highest BCUT2D eigenvalue weighted by molar-refractivity contribution is 14.1. The van der Waals surface area contributed by atoms with Crippen molar-refractivity contribution in [2.45, 2.75) is 51.0 Å². The molecule has 2 amide bonds. The summed E-state index contributed by atoms with van der Waals surface area (Å²) < 4.78 is 6.47. The monoisotopic (exact) mass is 536 g/mol. The normalized spacial score (nSPS) is 18.1. The Bertz CT molecular complexity index is 948. The van der Waals surface area contributed by atoms with Gasteiger partial charge in [-0.1, -0.05) is 17.3 Å². The minimum Gasteiger partial charge on any atom is -0.360 e.